The molecule has 0 atom stereocenters. The average molecular weight is 449 g/mol. The molecular formula is C27H36N4O2. The van der Waals surface area contributed by atoms with Crippen molar-refractivity contribution < 1.29 is 9.59 Å². The highest BCUT2D eigenvalue weighted by molar-refractivity contribution is 5.84. The van der Waals surface area contributed by atoms with Gasteiger partial charge in [-0.2, -0.15) is 10.2 Å². The first-order chi connectivity index (χ1) is 15.4. The van der Waals surface area contributed by atoms with Crippen molar-refractivity contribution in [3.05, 3.63) is 70.8 Å². The van der Waals surface area contributed by atoms with Crippen LogP contribution in [-0.2, 0) is 20.4 Å². The second-order valence-corrected chi connectivity index (χ2v) is 10.2. The van der Waals surface area contributed by atoms with Gasteiger partial charge in [0.15, 0.2) is 0 Å². The quantitative estimate of drug-likeness (QED) is 0.437. The van der Waals surface area contributed by atoms with Crippen LogP contribution in [0, 0.1) is 0 Å². The molecule has 2 aromatic rings. The molecule has 33 heavy (non-hydrogen) atoms. The normalized spacial score (nSPS) is 12.3. The third-order valence-corrected chi connectivity index (χ3v) is 5.17. The zero-order valence-electron chi connectivity index (χ0n) is 20.6. The second kappa shape index (κ2) is 11.5. The van der Waals surface area contributed by atoms with Gasteiger partial charge < -0.3 is 0 Å². The Bertz CT molecular complexity index is 895. The molecule has 2 amide bonds. The maximum atomic E-state index is 11.9. The molecule has 0 unspecified atom stereocenters. The zero-order valence-corrected chi connectivity index (χ0v) is 20.6. The Kier molecular flexibility index (Phi) is 9.09. The Labute approximate surface area is 197 Å². The van der Waals surface area contributed by atoms with Crippen LogP contribution in [-0.4, -0.2) is 24.2 Å². The number of nitrogens with one attached hydrogen (secondary N) is 2. The summed E-state index contributed by atoms with van der Waals surface area (Å²) in [5.74, 6) is -0.458. The van der Waals surface area contributed by atoms with E-state index in [1.807, 2.05) is 24.3 Å². The van der Waals surface area contributed by atoms with Gasteiger partial charge in [-0.3, -0.25) is 9.59 Å². The molecule has 2 aromatic carbocycles. The van der Waals surface area contributed by atoms with Gasteiger partial charge in [-0.1, -0.05) is 90.1 Å². The maximum absolute atomic E-state index is 11.9. The fourth-order valence-electron chi connectivity index (χ4n) is 3.02. The molecule has 6 nitrogen and oxygen atoms in total. The number of rotatable bonds is 8. The van der Waals surface area contributed by atoms with E-state index in [0.29, 0.717) is 6.42 Å². The maximum Gasteiger partial charge on any atom is 0.240 e. The summed E-state index contributed by atoms with van der Waals surface area (Å²) in [6.45, 7) is 13.0. The van der Waals surface area contributed by atoms with E-state index in [-0.39, 0.29) is 35.5 Å². The summed E-state index contributed by atoms with van der Waals surface area (Å²) in [5.41, 5.74) is 9.49. The number of hydrazone groups is 2. The first-order valence-corrected chi connectivity index (χ1v) is 11.3. The number of hydrogen-bond acceptors (Lipinski definition) is 4. The van der Waals surface area contributed by atoms with Crippen molar-refractivity contribution in [1.29, 1.82) is 0 Å². The van der Waals surface area contributed by atoms with E-state index in [0.717, 1.165) is 11.1 Å². The Balaban J connectivity index is 1.67. The molecule has 0 fully saturated rings. The highest BCUT2D eigenvalue weighted by Gasteiger charge is 2.13. The van der Waals surface area contributed by atoms with Crippen LogP contribution in [0.3, 0.4) is 0 Å². The molecule has 0 aromatic heterocycles. The van der Waals surface area contributed by atoms with Crippen molar-refractivity contribution in [3.63, 3.8) is 0 Å². The molecule has 0 spiro atoms. The van der Waals surface area contributed by atoms with Crippen molar-refractivity contribution in [2.45, 2.75) is 71.6 Å². The van der Waals surface area contributed by atoms with E-state index in [2.05, 4.69) is 86.9 Å². The minimum atomic E-state index is -0.229. The SMILES string of the molecule is CC(C)(C)c1ccc(/C=N/NC(=O)CCCC(=O)N/N=C/c2ccc(C(C)(C)C)cc2)cc1. The molecule has 6 heteroatoms. The molecule has 0 radical (unpaired) electrons. The molecule has 0 saturated heterocycles. The minimum Gasteiger partial charge on any atom is -0.273 e. The van der Waals surface area contributed by atoms with Crippen molar-refractivity contribution in [2.24, 2.45) is 10.2 Å². The number of hydrogen-bond donors (Lipinski definition) is 2. The van der Waals surface area contributed by atoms with Gasteiger partial charge in [0.1, 0.15) is 0 Å². The van der Waals surface area contributed by atoms with Crippen LogP contribution < -0.4 is 10.9 Å². The van der Waals surface area contributed by atoms with Gasteiger partial charge in [0.2, 0.25) is 11.8 Å². The molecule has 0 heterocycles. The van der Waals surface area contributed by atoms with E-state index in [4.69, 9.17) is 0 Å². The standard InChI is InChI=1S/C27H36N4O2/c1-26(2,3)22-14-10-20(11-15-22)18-28-30-24(32)8-7-9-25(33)31-29-19-21-12-16-23(17-13-21)27(4,5)6/h10-19H,7-9H2,1-6H3,(H,30,32)(H,31,33)/b28-18+,29-19+. The number of carbonyl (C=O) groups is 2. The number of carbonyl (C=O) groups excluding carboxylic acids is 2. The van der Waals surface area contributed by atoms with Gasteiger partial charge in [0, 0.05) is 12.8 Å². The van der Waals surface area contributed by atoms with Crippen LogP contribution in [0.5, 0.6) is 0 Å². The molecule has 0 aliphatic heterocycles. The monoisotopic (exact) mass is 448 g/mol. The lowest BCUT2D eigenvalue weighted by molar-refractivity contribution is -0.122. The third kappa shape index (κ3) is 9.39. The van der Waals surface area contributed by atoms with Crippen molar-refractivity contribution in [1.82, 2.24) is 10.9 Å². The van der Waals surface area contributed by atoms with Gasteiger partial charge in [0.05, 0.1) is 12.4 Å². The van der Waals surface area contributed by atoms with Gasteiger partial charge >= 0.3 is 0 Å². The molecule has 0 aliphatic rings. The predicted molar refractivity (Wildman–Crippen MR) is 136 cm³/mol. The first-order valence-electron chi connectivity index (χ1n) is 11.3. The summed E-state index contributed by atoms with van der Waals surface area (Å²) in [7, 11) is 0. The fourth-order valence-corrected chi connectivity index (χ4v) is 3.02. The van der Waals surface area contributed by atoms with Crippen molar-refractivity contribution in [2.75, 3.05) is 0 Å². The number of amides is 2. The van der Waals surface area contributed by atoms with Crippen molar-refractivity contribution >= 4 is 24.2 Å². The van der Waals surface area contributed by atoms with Crippen LogP contribution in [0.4, 0.5) is 0 Å². The van der Waals surface area contributed by atoms with Gasteiger partial charge in [0.25, 0.3) is 0 Å². The zero-order chi connectivity index (χ0) is 24.5. The average Bonchev–Trinajstić information content (AvgIpc) is 2.73. The largest absolute Gasteiger partial charge is 0.273 e. The summed E-state index contributed by atoms with van der Waals surface area (Å²) in [6, 6.07) is 16.1. The fraction of sp³-hybridized carbons (Fsp3) is 0.407. The summed E-state index contributed by atoms with van der Waals surface area (Å²) >= 11 is 0. The molecular weight excluding hydrogens is 412 g/mol. The number of benzene rings is 2. The highest BCUT2D eigenvalue weighted by atomic mass is 16.2. The smallest absolute Gasteiger partial charge is 0.240 e. The summed E-state index contributed by atoms with van der Waals surface area (Å²) < 4.78 is 0. The summed E-state index contributed by atoms with van der Waals surface area (Å²) in [6.07, 6.45) is 4.07. The Morgan fingerprint density at radius 3 is 1.30 bits per heavy atom. The molecule has 0 aliphatic carbocycles. The predicted octanol–water partition coefficient (Wildman–Crippen LogP) is 5.05. The Morgan fingerprint density at radius 1 is 0.667 bits per heavy atom. The summed E-state index contributed by atoms with van der Waals surface area (Å²) in [4.78, 5) is 23.8. The van der Waals surface area contributed by atoms with Gasteiger partial charge in [-0.05, 0) is 39.5 Å². The van der Waals surface area contributed by atoms with E-state index in [1.165, 1.54) is 11.1 Å². The Hall–Kier alpha value is -3.28. The lowest BCUT2D eigenvalue weighted by atomic mass is 9.87. The molecule has 2 rings (SSSR count). The highest BCUT2D eigenvalue weighted by Crippen LogP contribution is 2.22. The van der Waals surface area contributed by atoms with Crippen molar-refractivity contribution in [3.8, 4) is 0 Å². The molecule has 0 bridgehead atoms. The molecule has 176 valence electrons. The Morgan fingerprint density at radius 2 is 1.00 bits per heavy atom. The van der Waals surface area contributed by atoms with E-state index < -0.39 is 0 Å². The van der Waals surface area contributed by atoms with Crippen LogP contribution in [0.15, 0.2) is 58.7 Å². The van der Waals surface area contributed by atoms with E-state index in [1.54, 1.807) is 12.4 Å². The molecule has 2 N–H and O–H groups in total. The lowest BCUT2D eigenvalue weighted by Crippen LogP contribution is -2.20. The molecule has 0 saturated carbocycles. The summed E-state index contributed by atoms with van der Waals surface area (Å²) in [5, 5.41) is 7.97. The third-order valence-electron chi connectivity index (χ3n) is 5.17. The van der Waals surface area contributed by atoms with Gasteiger partial charge in [-0.15, -0.1) is 0 Å². The lowest BCUT2D eigenvalue weighted by Gasteiger charge is -2.18. The van der Waals surface area contributed by atoms with Crippen LogP contribution in [0.25, 0.3) is 0 Å². The van der Waals surface area contributed by atoms with E-state index >= 15 is 0 Å². The number of nitrogens with zero attached hydrogens (tertiary/aromatic N) is 2. The van der Waals surface area contributed by atoms with Crippen LogP contribution >= 0.6 is 0 Å². The van der Waals surface area contributed by atoms with Crippen LogP contribution in [0.1, 0.15) is 83.1 Å². The van der Waals surface area contributed by atoms with E-state index in [9.17, 15) is 9.59 Å². The van der Waals surface area contributed by atoms with Crippen LogP contribution in [0.2, 0.25) is 0 Å². The topological polar surface area (TPSA) is 82.9 Å². The minimum absolute atomic E-state index is 0.0964. The second-order valence-electron chi connectivity index (χ2n) is 10.2. The first kappa shape index (κ1) is 26.0. The van der Waals surface area contributed by atoms with Gasteiger partial charge in [-0.25, -0.2) is 10.9 Å².